The van der Waals surface area contributed by atoms with Crippen LogP contribution >= 0.6 is 11.6 Å². The van der Waals surface area contributed by atoms with Crippen LogP contribution in [0.4, 0.5) is 0 Å². The molecule has 1 N–H and O–H groups in total. The Labute approximate surface area is 167 Å². The Morgan fingerprint density at radius 2 is 2.00 bits per heavy atom. The molecule has 2 heterocycles. The van der Waals surface area contributed by atoms with Crippen molar-refractivity contribution in [2.75, 3.05) is 0 Å². The quantitative estimate of drug-likeness (QED) is 0.531. The molecular formula is C21H19ClN4O2. The molecule has 0 fully saturated rings. The SMILES string of the molecule is CCn1cc(CNC(=O)c2ccc3oc(Cc4ccc(Cl)cc4)nc3c2)cn1. The van der Waals surface area contributed by atoms with Gasteiger partial charge in [0.25, 0.3) is 5.91 Å². The summed E-state index contributed by atoms with van der Waals surface area (Å²) in [6.45, 7) is 3.25. The fraction of sp³-hybridized carbons (Fsp3) is 0.190. The number of hydrogen-bond donors (Lipinski definition) is 1. The number of benzene rings is 2. The van der Waals surface area contributed by atoms with Crippen molar-refractivity contribution in [3.8, 4) is 0 Å². The molecule has 6 nitrogen and oxygen atoms in total. The molecule has 0 aliphatic heterocycles. The van der Waals surface area contributed by atoms with Crippen molar-refractivity contribution >= 4 is 28.6 Å². The van der Waals surface area contributed by atoms with Crippen LogP contribution in [-0.2, 0) is 19.5 Å². The predicted molar refractivity (Wildman–Crippen MR) is 107 cm³/mol. The molecule has 4 aromatic rings. The molecular weight excluding hydrogens is 376 g/mol. The number of rotatable bonds is 6. The number of nitrogens with zero attached hydrogens (tertiary/aromatic N) is 3. The van der Waals surface area contributed by atoms with Crippen molar-refractivity contribution < 1.29 is 9.21 Å². The van der Waals surface area contributed by atoms with E-state index in [1.807, 2.05) is 42.1 Å². The van der Waals surface area contributed by atoms with Gasteiger partial charge in [-0.3, -0.25) is 9.48 Å². The summed E-state index contributed by atoms with van der Waals surface area (Å²) in [7, 11) is 0. The van der Waals surface area contributed by atoms with E-state index in [1.54, 1.807) is 24.4 Å². The lowest BCUT2D eigenvalue weighted by Gasteiger charge is -2.03. The Morgan fingerprint density at radius 1 is 1.18 bits per heavy atom. The van der Waals surface area contributed by atoms with Crippen molar-refractivity contribution in [1.82, 2.24) is 20.1 Å². The highest BCUT2D eigenvalue weighted by atomic mass is 35.5. The molecule has 7 heteroatoms. The van der Waals surface area contributed by atoms with Gasteiger partial charge in [-0.1, -0.05) is 23.7 Å². The molecule has 0 aliphatic rings. The zero-order chi connectivity index (χ0) is 19.5. The van der Waals surface area contributed by atoms with Gasteiger partial charge in [0, 0.05) is 41.9 Å². The van der Waals surface area contributed by atoms with Gasteiger partial charge in [-0.05, 0) is 42.8 Å². The van der Waals surface area contributed by atoms with Crippen molar-refractivity contribution in [3.05, 3.63) is 82.5 Å². The molecule has 0 atom stereocenters. The first kappa shape index (κ1) is 18.3. The molecule has 0 aliphatic carbocycles. The Bertz CT molecular complexity index is 1120. The smallest absolute Gasteiger partial charge is 0.251 e. The van der Waals surface area contributed by atoms with Gasteiger partial charge in [0.1, 0.15) is 5.52 Å². The van der Waals surface area contributed by atoms with Gasteiger partial charge in [-0.25, -0.2) is 4.98 Å². The Morgan fingerprint density at radius 3 is 2.75 bits per heavy atom. The van der Waals surface area contributed by atoms with Crippen LogP contribution in [0.3, 0.4) is 0 Å². The topological polar surface area (TPSA) is 73.0 Å². The minimum atomic E-state index is -0.159. The van der Waals surface area contributed by atoms with Crippen molar-refractivity contribution in [2.24, 2.45) is 0 Å². The summed E-state index contributed by atoms with van der Waals surface area (Å²) < 4.78 is 7.62. The Kier molecular flexibility index (Phi) is 5.12. The number of fused-ring (bicyclic) bond motifs is 1. The van der Waals surface area contributed by atoms with Crippen LogP contribution < -0.4 is 5.32 Å². The Hall–Kier alpha value is -3.12. The van der Waals surface area contributed by atoms with E-state index < -0.39 is 0 Å². The summed E-state index contributed by atoms with van der Waals surface area (Å²) in [6.07, 6.45) is 4.24. The number of amides is 1. The van der Waals surface area contributed by atoms with Crippen molar-refractivity contribution in [3.63, 3.8) is 0 Å². The normalized spacial score (nSPS) is 11.1. The van der Waals surface area contributed by atoms with Crippen LogP contribution in [-0.4, -0.2) is 20.7 Å². The molecule has 28 heavy (non-hydrogen) atoms. The number of aromatic nitrogens is 3. The summed E-state index contributed by atoms with van der Waals surface area (Å²) in [6, 6.07) is 12.8. The van der Waals surface area contributed by atoms with E-state index in [0.717, 1.165) is 17.7 Å². The second-order valence-electron chi connectivity index (χ2n) is 6.48. The van der Waals surface area contributed by atoms with E-state index in [1.165, 1.54) is 0 Å². The van der Waals surface area contributed by atoms with E-state index in [9.17, 15) is 4.79 Å². The summed E-state index contributed by atoms with van der Waals surface area (Å²) in [5.41, 5.74) is 3.88. The summed E-state index contributed by atoms with van der Waals surface area (Å²) >= 11 is 5.92. The van der Waals surface area contributed by atoms with Gasteiger partial charge in [-0.15, -0.1) is 0 Å². The first-order chi connectivity index (χ1) is 13.6. The van der Waals surface area contributed by atoms with Gasteiger partial charge >= 0.3 is 0 Å². The molecule has 0 spiro atoms. The standard InChI is InChI=1S/C21H19ClN4O2/c1-2-26-13-15(12-24-26)11-23-21(27)16-5-8-19-18(10-16)25-20(28-19)9-14-3-6-17(22)7-4-14/h3-8,10,12-13H,2,9,11H2,1H3,(H,23,27). The molecule has 0 unspecified atom stereocenters. The minimum absolute atomic E-state index is 0.159. The monoisotopic (exact) mass is 394 g/mol. The van der Waals surface area contributed by atoms with Crippen LogP contribution in [0.2, 0.25) is 5.02 Å². The molecule has 2 aromatic heterocycles. The van der Waals surface area contributed by atoms with E-state index in [4.69, 9.17) is 16.0 Å². The van der Waals surface area contributed by atoms with E-state index in [2.05, 4.69) is 15.4 Å². The third kappa shape index (κ3) is 4.07. The molecule has 4 rings (SSSR count). The fourth-order valence-electron chi connectivity index (χ4n) is 2.92. The molecule has 2 aromatic carbocycles. The van der Waals surface area contributed by atoms with E-state index in [-0.39, 0.29) is 5.91 Å². The average Bonchev–Trinajstić information content (AvgIpc) is 3.33. The maximum atomic E-state index is 12.5. The van der Waals surface area contributed by atoms with Crippen LogP contribution in [0.25, 0.3) is 11.1 Å². The number of carbonyl (C=O) groups is 1. The lowest BCUT2D eigenvalue weighted by atomic mass is 10.1. The van der Waals surface area contributed by atoms with Gasteiger partial charge < -0.3 is 9.73 Å². The lowest BCUT2D eigenvalue weighted by molar-refractivity contribution is 0.0951. The molecule has 1 amide bonds. The van der Waals surface area contributed by atoms with E-state index in [0.29, 0.717) is 40.5 Å². The van der Waals surface area contributed by atoms with Gasteiger partial charge in [0.15, 0.2) is 11.5 Å². The van der Waals surface area contributed by atoms with Crippen LogP contribution in [0.1, 0.15) is 34.3 Å². The molecule has 142 valence electrons. The maximum Gasteiger partial charge on any atom is 0.251 e. The zero-order valence-electron chi connectivity index (χ0n) is 15.4. The second-order valence-corrected chi connectivity index (χ2v) is 6.92. The number of aryl methyl sites for hydroxylation is 1. The third-order valence-electron chi connectivity index (χ3n) is 4.43. The Balaban J connectivity index is 1.46. The summed E-state index contributed by atoms with van der Waals surface area (Å²) in [4.78, 5) is 17.0. The van der Waals surface area contributed by atoms with Crippen LogP contribution in [0.15, 0.2) is 59.3 Å². The highest BCUT2D eigenvalue weighted by Gasteiger charge is 2.11. The number of carbonyl (C=O) groups excluding carboxylic acids is 1. The fourth-order valence-corrected chi connectivity index (χ4v) is 3.05. The number of hydrogen-bond acceptors (Lipinski definition) is 4. The average molecular weight is 395 g/mol. The molecule has 0 saturated carbocycles. The highest BCUT2D eigenvalue weighted by molar-refractivity contribution is 6.30. The number of nitrogens with one attached hydrogen (secondary N) is 1. The van der Waals surface area contributed by atoms with Crippen LogP contribution in [0, 0.1) is 0 Å². The van der Waals surface area contributed by atoms with Crippen molar-refractivity contribution in [2.45, 2.75) is 26.4 Å². The first-order valence-corrected chi connectivity index (χ1v) is 9.42. The van der Waals surface area contributed by atoms with Gasteiger partial charge in [0.05, 0.1) is 6.20 Å². The largest absolute Gasteiger partial charge is 0.440 e. The predicted octanol–water partition coefficient (Wildman–Crippen LogP) is 4.22. The maximum absolute atomic E-state index is 12.5. The van der Waals surface area contributed by atoms with Crippen LogP contribution in [0.5, 0.6) is 0 Å². The second kappa shape index (κ2) is 7.86. The lowest BCUT2D eigenvalue weighted by Crippen LogP contribution is -2.22. The minimum Gasteiger partial charge on any atom is -0.440 e. The number of halogens is 1. The third-order valence-corrected chi connectivity index (χ3v) is 4.68. The highest BCUT2D eigenvalue weighted by Crippen LogP contribution is 2.20. The summed E-state index contributed by atoms with van der Waals surface area (Å²) in [5.74, 6) is 0.440. The van der Waals surface area contributed by atoms with Gasteiger partial charge in [0.2, 0.25) is 0 Å². The number of oxazole rings is 1. The molecule has 0 bridgehead atoms. The summed E-state index contributed by atoms with van der Waals surface area (Å²) in [5, 5.41) is 7.80. The van der Waals surface area contributed by atoms with Gasteiger partial charge in [-0.2, -0.15) is 5.10 Å². The zero-order valence-corrected chi connectivity index (χ0v) is 16.1. The first-order valence-electron chi connectivity index (χ1n) is 9.04. The molecule has 0 radical (unpaired) electrons. The molecule has 0 saturated heterocycles. The van der Waals surface area contributed by atoms with E-state index >= 15 is 0 Å². The van der Waals surface area contributed by atoms with Crippen molar-refractivity contribution in [1.29, 1.82) is 0 Å².